The maximum atomic E-state index is 5.04. The smallest absolute Gasteiger partial charge is 0.233 e. The molecule has 1 aromatic rings. The van der Waals surface area contributed by atoms with Crippen LogP contribution < -0.4 is 30.7 Å². The second-order valence-electron chi connectivity index (χ2n) is 9.74. The number of anilines is 3. The van der Waals surface area contributed by atoms with E-state index in [-0.39, 0.29) is 0 Å². The Labute approximate surface area is 200 Å². The third-order valence-electron chi connectivity index (χ3n) is 6.95. The molecule has 0 amide bonds. The van der Waals surface area contributed by atoms with Crippen molar-refractivity contribution in [1.82, 2.24) is 30.9 Å². The van der Waals surface area contributed by atoms with Gasteiger partial charge in [-0.1, -0.05) is 38.5 Å². The molecule has 0 aromatic carbocycles. The van der Waals surface area contributed by atoms with Crippen LogP contribution >= 0.6 is 0 Å². The lowest BCUT2D eigenvalue weighted by Gasteiger charge is -2.29. The Morgan fingerprint density at radius 2 is 0.697 bits per heavy atom. The molecule has 9 nitrogen and oxygen atoms in total. The standard InChI is InChI=1S/C24H45N9/c1-4-10-16-31(19-25-13-7-1)22-28-23(32-17-11-5-2-8-14-26-20-32)30-24(29-22)33-18-12-6-3-9-15-27-21-33/h25-27H,1-21H2. The quantitative estimate of drug-likeness (QED) is 0.632. The summed E-state index contributed by atoms with van der Waals surface area (Å²) in [4.78, 5) is 22.1. The Morgan fingerprint density at radius 1 is 0.394 bits per heavy atom. The molecule has 0 spiro atoms. The van der Waals surface area contributed by atoms with E-state index in [1.807, 2.05) is 0 Å². The molecule has 9 heteroatoms. The molecule has 3 saturated heterocycles. The summed E-state index contributed by atoms with van der Waals surface area (Å²) in [6.07, 6.45) is 15.0. The predicted octanol–water partition coefficient (Wildman–Crippen LogP) is 2.65. The van der Waals surface area contributed by atoms with E-state index in [4.69, 9.17) is 15.0 Å². The molecule has 0 saturated carbocycles. The van der Waals surface area contributed by atoms with E-state index >= 15 is 0 Å². The highest BCUT2D eigenvalue weighted by Gasteiger charge is 2.21. The third-order valence-corrected chi connectivity index (χ3v) is 6.95. The van der Waals surface area contributed by atoms with Gasteiger partial charge in [0.15, 0.2) is 0 Å². The fourth-order valence-electron chi connectivity index (χ4n) is 4.88. The van der Waals surface area contributed by atoms with E-state index in [1.54, 1.807) is 0 Å². The molecule has 4 heterocycles. The second kappa shape index (κ2) is 13.9. The predicted molar refractivity (Wildman–Crippen MR) is 136 cm³/mol. The molecule has 186 valence electrons. The molecule has 33 heavy (non-hydrogen) atoms. The maximum absolute atomic E-state index is 5.04. The number of nitrogens with one attached hydrogen (secondary N) is 3. The zero-order chi connectivity index (χ0) is 22.6. The summed E-state index contributed by atoms with van der Waals surface area (Å²) >= 11 is 0. The highest BCUT2D eigenvalue weighted by molar-refractivity contribution is 5.46. The van der Waals surface area contributed by atoms with Crippen molar-refractivity contribution in [3.8, 4) is 0 Å². The number of hydrogen-bond donors (Lipinski definition) is 3. The summed E-state index contributed by atoms with van der Waals surface area (Å²) in [5, 5.41) is 10.8. The zero-order valence-electron chi connectivity index (χ0n) is 20.5. The molecular formula is C24H45N9. The van der Waals surface area contributed by atoms with Crippen molar-refractivity contribution in [2.45, 2.75) is 77.0 Å². The van der Waals surface area contributed by atoms with Crippen molar-refractivity contribution in [1.29, 1.82) is 0 Å². The van der Waals surface area contributed by atoms with Gasteiger partial charge in [-0.2, -0.15) is 15.0 Å². The average molecular weight is 460 g/mol. The van der Waals surface area contributed by atoms with Crippen LogP contribution in [-0.4, -0.2) is 74.2 Å². The molecule has 3 aliphatic heterocycles. The van der Waals surface area contributed by atoms with Gasteiger partial charge in [0.05, 0.1) is 20.0 Å². The van der Waals surface area contributed by atoms with E-state index in [0.29, 0.717) is 0 Å². The van der Waals surface area contributed by atoms with Crippen molar-refractivity contribution in [3.05, 3.63) is 0 Å². The minimum atomic E-state index is 0.805. The molecule has 3 fully saturated rings. The molecule has 0 radical (unpaired) electrons. The Kier molecular flexibility index (Phi) is 10.3. The first kappa shape index (κ1) is 24.4. The van der Waals surface area contributed by atoms with Crippen LogP contribution in [0.2, 0.25) is 0 Å². The highest BCUT2D eigenvalue weighted by atomic mass is 15.4. The normalized spacial score (nSPS) is 23.1. The molecule has 1 aromatic heterocycles. The second-order valence-corrected chi connectivity index (χ2v) is 9.74. The SMILES string of the molecule is C1CCCN(c2nc(N3CCCCCCNC3)nc(N3CCCCCCNC3)n2)CNCC1. The lowest BCUT2D eigenvalue weighted by molar-refractivity contribution is 0.611. The van der Waals surface area contributed by atoms with Crippen molar-refractivity contribution in [3.63, 3.8) is 0 Å². The molecule has 0 bridgehead atoms. The van der Waals surface area contributed by atoms with E-state index in [1.165, 1.54) is 77.0 Å². The number of aromatic nitrogens is 3. The first-order valence-corrected chi connectivity index (χ1v) is 13.5. The molecule has 3 N–H and O–H groups in total. The first-order valence-electron chi connectivity index (χ1n) is 13.5. The van der Waals surface area contributed by atoms with Gasteiger partial charge in [-0.05, 0) is 58.2 Å². The molecule has 0 atom stereocenters. The van der Waals surface area contributed by atoms with E-state index in [0.717, 1.165) is 77.1 Å². The van der Waals surface area contributed by atoms with Gasteiger partial charge < -0.3 is 14.7 Å². The summed E-state index contributed by atoms with van der Waals surface area (Å²) in [5.74, 6) is 2.47. The number of rotatable bonds is 3. The number of nitrogens with zero attached hydrogens (tertiary/aromatic N) is 6. The van der Waals surface area contributed by atoms with Crippen LogP contribution in [0.1, 0.15) is 77.0 Å². The summed E-state index contributed by atoms with van der Waals surface area (Å²) in [6.45, 7) is 8.58. The Morgan fingerprint density at radius 3 is 1.03 bits per heavy atom. The summed E-state index contributed by atoms with van der Waals surface area (Å²) in [6, 6.07) is 0. The molecule has 4 rings (SSSR count). The van der Waals surface area contributed by atoms with Crippen LogP contribution in [0.4, 0.5) is 17.8 Å². The Bertz CT molecular complexity index is 553. The van der Waals surface area contributed by atoms with Gasteiger partial charge in [0.25, 0.3) is 0 Å². The largest absolute Gasteiger partial charge is 0.328 e. The molecule has 0 unspecified atom stereocenters. The number of hydrogen-bond acceptors (Lipinski definition) is 9. The van der Waals surface area contributed by atoms with Gasteiger partial charge >= 0.3 is 0 Å². The third kappa shape index (κ3) is 7.93. The topological polar surface area (TPSA) is 84.5 Å². The molecule has 3 aliphatic rings. The van der Waals surface area contributed by atoms with Gasteiger partial charge in [-0.3, -0.25) is 16.0 Å². The zero-order valence-corrected chi connectivity index (χ0v) is 20.5. The van der Waals surface area contributed by atoms with Crippen LogP contribution in [-0.2, 0) is 0 Å². The van der Waals surface area contributed by atoms with Gasteiger partial charge in [0, 0.05) is 19.6 Å². The minimum absolute atomic E-state index is 0.805. The highest BCUT2D eigenvalue weighted by Crippen LogP contribution is 2.21. The van der Waals surface area contributed by atoms with Crippen LogP contribution in [0.15, 0.2) is 0 Å². The van der Waals surface area contributed by atoms with Crippen molar-refractivity contribution < 1.29 is 0 Å². The van der Waals surface area contributed by atoms with Crippen molar-refractivity contribution >= 4 is 17.8 Å². The first-order chi connectivity index (χ1) is 16.4. The van der Waals surface area contributed by atoms with Crippen LogP contribution in [0.5, 0.6) is 0 Å². The Hall–Kier alpha value is -1.71. The summed E-state index contributed by atoms with van der Waals surface area (Å²) in [7, 11) is 0. The van der Waals surface area contributed by atoms with Gasteiger partial charge in [0.2, 0.25) is 17.8 Å². The van der Waals surface area contributed by atoms with Gasteiger partial charge in [-0.25, -0.2) is 0 Å². The van der Waals surface area contributed by atoms with Crippen LogP contribution in [0.3, 0.4) is 0 Å². The fourth-order valence-corrected chi connectivity index (χ4v) is 4.88. The molecule has 0 aliphatic carbocycles. The van der Waals surface area contributed by atoms with E-state index in [9.17, 15) is 0 Å². The maximum Gasteiger partial charge on any atom is 0.233 e. The van der Waals surface area contributed by atoms with Gasteiger partial charge in [-0.15, -0.1) is 0 Å². The fraction of sp³-hybridized carbons (Fsp3) is 0.875. The van der Waals surface area contributed by atoms with Crippen molar-refractivity contribution in [2.75, 3.05) is 74.0 Å². The summed E-state index contributed by atoms with van der Waals surface area (Å²) < 4.78 is 0. The lowest BCUT2D eigenvalue weighted by atomic mass is 10.2. The molecular weight excluding hydrogens is 414 g/mol. The minimum Gasteiger partial charge on any atom is -0.328 e. The van der Waals surface area contributed by atoms with Crippen LogP contribution in [0.25, 0.3) is 0 Å². The average Bonchev–Trinajstić information content (AvgIpc) is 3.14. The Balaban J connectivity index is 1.61. The summed E-state index contributed by atoms with van der Waals surface area (Å²) in [5.41, 5.74) is 0. The van der Waals surface area contributed by atoms with E-state index in [2.05, 4.69) is 30.7 Å². The monoisotopic (exact) mass is 459 g/mol. The van der Waals surface area contributed by atoms with Crippen LogP contribution in [0, 0.1) is 0 Å². The van der Waals surface area contributed by atoms with Crippen molar-refractivity contribution in [2.24, 2.45) is 0 Å². The van der Waals surface area contributed by atoms with Gasteiger partial charge in [0.1, 0.15) is 0 Å². The van der Waals surface area contributed by atoms with E-state index < -0.39 is 0 Å². The lowest BCUT2D eigenvalue weighted by Crippen LogP contribution is -2.40.